The van der Waals surface area contributed by atoms with Gasteiger partial charge in [0.25, 0.3) is 5.91 Å². The van der Waals surface area contributed by atoms with Crippen molar-refractivity contribution < 1.29 is 9.59 Å². The summed E-state index contributed by atoms with van der Waals surface area (Å²) in [5.74, 6) is -0.455. The number of amides is 2. The van der Waals surface area contributed by atoms with E-state index in [2.05, 4.69) is 10.6 Å². The van der Waals surface area contributed by atoms with Crippen molar-refractivity contribution >= 4 is 29.9 Å². The van der Waals surface area contributed by atoms with Crippen molar-refractivity contribution in [2.75, 3.05) is 5.32 Å². The van der Waals surface area contributed by atoms with Crippen LogP contribution >= 0.6 is 12.4 Å². The van der Waals surface area contributed by atoms with Crippen LogP contribution in [-0.4, -0.2) is 17.9 Å². The molecule has 0 saturated carbocycles. The molecule has 2 amide bonds. The van der Waals surface area contributed by atoms with Crippen molar-refractivity contribution in [1.82, 2.24) is 5.32 Å². The van der Waals surface area contributed by atoms with E-state index in [-0.39, 0.29) is 30.3 Å². The lowest BCUT2D eigenvalue weighted by molar-refractivity contribution is -0.120. The molecule has 0 bridgehead atoms. The molecule has 134 valence electrons. The highest BCUT2D eigenvalue weighted by Crippen LogP contribution is 2.20. The zero-order valence-electron chi connectivity index (χ0n) is 14.6. The molecule has 6 heteroatoms. The van der Waals surface area contributed by atoms with Crippen LogP contribution in [0.2, 0.25) is 0 Å². The van der Waals surface area contributed by atoms with Crippen molar-refractivity contribution in [2.24, 2.45) is 5.73 Å². The summed E-state index contributed by atoms with van der Waals surface area (Å²) in [6.07, 6.45) is 0. The summed E-state index contributed by atoms with van der Waals surface area (Å²) >= 11 is 0. The van der Waals surface area contributed by atoms with Crippen molar-refractivity contribution in [1.29, 1.82) is 0 Å². The second-order valence-electron chi connectivity index (χ2n) is 6.23. The average Bonchev–Trinajstić information content (AvgIpc) is 2.55. The van der Waals surface area contributed by atoms with Crippen LogP contribution in [0.1, 0.15) is 36.7 Å². The monoisotopic (exact) mass is 361 g/mol. The zero-order valence-corrected chi connectivity index (χ0v) is 15.4. The first-order chi connectivity index (χ1) is 11.3. The van der Waals surface area contributed by atoms with Crippen LogP contribution in [0.3, 0.4) is 0 Å². The van der Waals surface area contributed by atoms with E-state index >= 15 is 0 Å². The van der Waals surface area contributed by atoms with Gasteiger partial charge in [0.05, 0.1) is 0 Å². The standard InChI is InChI=1S/C19H23N3O2.ClH/c1-13(2)21-17(23)14-9-11-16(12-10-14)22-18(24)19(3,20)15-7-5-4-6-8-15;/h4-13H,20H2,1-3H3,(H,21,23)(H,22,24);1H. The first-order valence-corrected chi connectivity index (χ1v) is 7.87. The summed E-state index contributed by atoms with van der Waals surface area (Å²) in [5, 5.41) is 5.61. The molecule has 0 heterocycles. The van der Waals surface area contributed by atoms with E-state index < -0.39 is 5.54 Å². The Morgan fingerprint density at radius 3 is 2.08 bits per heavy atom. The Labute approximate surface area is 154 Å². The van der Waals surface area contributed by atoms with E-state index in [0.29, 0.717) is 11.3 Å². The molecule has 0 aliphatic heterocycles. The van der Waals surface area contributed by atoms with Crippen LogP contribution in [0, 0.1) is 0 Å². The number of hydrogen-bond donors (Lipinski definition) is 3. The van der Waals surface area contributed by atoms with E-state index in [1.54, 1.807) is 31.2 Å². The van der Waals surface area contributed by atoms with Crippen molar-refractivity contribution in [2.45, 2.75) is 32.4 Å². The highest BCUT2D eigenvalue weighted by molar-refractivity contribution is 5.99. The molecule has 0 aromatic heterocycles. The van der Waals surface area contributed by atoms with Crippen LogP contribution < -0.4 is 16.4 Å². The quantitative estimate of drug-likeness (QED) is 0.765. The molecule has 2 aromatic rings. The first kappa shape index (κ1) is 20.7. The topological polar surface area (TPSA) is 84.2 Å². The number of carbonyl (C=O) groups excluding carboxylic acids is 2. The predicted molar refractivity (Wildman–Crippen MR) is 103 cm³/mol. The minimum Gasteiger partial charge on any atom is -0.350 e. The van der Waals surface area contributed by atoms with Gasteiger partial charge in [-0.3, -0.25) is 9.59 Å². The van der Waals surface area contributed by atoms with Gasteiger partial charge in [0.15, 0.2) is 0 Å². The van der Waals surface area contributed by atoms with Crippen molar-refractivity contribution in [3.63, 3.8) is 0 Å². The lowest BCUT2D eigenvalue weighted by Gasteiger charge is -2.24. The number of carbonyl (C=O) groups is 2. The lowest BCUT2D eigenvalue weighted by atomic mass is 9.92. The van der Waals surface area contributed by atoms with Crippen LogP contribution in [0.15, 0.2) is 54.6 Å². The molecule has 0 spiro atoms. The molecule has 0 radical (unpaired) electrons. The second kappa shape index (κ2) is 8.65. The Morgan fingerprint density at radius 1 is 1.00 bits per heavy atom. The SMILES string of the molecule is CC(C)NC(=O)c1ccc(NC(=O)C(C)(N)c2ccccc2)cc1.Cl. The fourth-order valence-electron chi connectivity index (χ4n) is 2.23. The molecule has 1 atom stereocenters. The van der Waals surface area contributed by atoms with Gasteiger partial charge in [0, 0.05) is 17.3 Å². The number of nitrogens with one attached hydrogen (secondary N) is 2. The molecule has 2 rings (SSSR count). The van der Waals surface area contributed by atoms with Crippen molar-refractivity contribution in [3.8, 4) is 0 Å². The van der Waals surface area contributed by atoms with Crippen LogP contribution in [-0.2, 0) is 10.3 Å². The number of nitrogens with two attached hydrogens (primary N) is 1. The third-order valence-corrected chi connectivity index (χ3v) is 3.67. The third kappa shape index (κ3) is 5.31. The summed E-state index contributed by atoms with van der Waals surface area (Å²) in [6, 6.07) is 16.0. The maximum Gasteiger partial charge on any atom is 0.251 e. The smallest absolute Gasteiger partial charge is 0.251 e. The Kier molecular flexibility index (Phi) is 7.15. The summed E-state index contributed by atoms with van der Waals surface area (Å²) in [5.41, 5.74) is 6.91. The molecule has 5 nitrogen and oxygen atoms in total. The van der Waals surface area contributed by atoms with Gasteiger partial charge in [-0.1, -0.05) is 30.3 Å². The molecule has 0 saturated heterocycles. The van der Waals surface area contributed by atoms with E-state index in [1.165, 1.54) is 0 Å². The Balaban J connectivity index is 0.00000312. The van der Waals surface area contributed by atoms with Gasteiger partial charge in [-0.2, -0.15) is 0 Å². The van der Waals surface area contributed by atoms with Crippen molar-refractivity contribution in [3.05, 3.63) is 65.7 Å². The van der Waals surface area contributed by atoms with Gasteiger partial charge < -0.3 is 16.4 Å². The number of benzene rings is 2. The molecular formula is C19H24ClN3O2. The highest BCUT2D eigenvalue weighted by Gasteiger charge is 2.30. The van der Waals surface area contributed by atoms with E-state index in [9.17, 15) is 9.59 Å². The zero-order chi connectivity index (χ0) is 17.7. The number of rotatable bonds is 5. The van der Waals surface area contributed by atoms with Crippen LogP contribution in [0.25, 0.3) is 0 Å². The predicted octanol–water partition coefficient (Wildman–Crippen LogP) is 3.06. The largest absolute Gasteiger partial charge is 0.350 e. The fourth-order valence-corrected chi connectivity index (χ4v) is 2.23. The average molecular weight is 362 g/mol. The normalized spacial score (nSPS) is 12.7. The molecule has 0 aliphatic carbocycles. The molecule has 0 aliphatic rings. The molecule has 4 N–H and O–H groups in total. The fraction of sp³-hybridized carbons (Fsp3) is 0.263. The van der Waals surface area contributed by atoms with E-state index in [1.807, 2.05) is 44.2 Å². The summed E-state index contributed by atoms with van der Waals surface area (Å²) in [7, 11) is 0. The van der Waals surface area contributed by atoms with Gasteiger partial charge in [0.1, 0.15) is 5.54 Å². The second-order valence-corrected chi connectivity index (χ2v) is 6.23. The summed E-state index contributed by atoms with van der Waals surface area (Å²) < 4.78 is 0. The summed E-state index contributed by atoms with van der Waals surface area (Å²) in [4.78, 5) is 24.4. The Hall–Kier alpha value is -2.37. The van der Waals surface area contributed by atoms with Gasteiger partial charge in [-0.25, -0.2) is 0 Å². The maximum absolute atomic E-state index is 12.5. The molecule has 1 unspecified atom stereocenters. The van der Waals surface area contributed by atoms with Gasteiger partial charge in [0.2, 0.25) is 5.91 Å². The molecule has 2 aromatic carbocycles. The number of anilines is 1. The summed E-state index contributed by atoms with van der Waals surface area (Å²) in [6.45, 7) is 5.47. The number of hydrogen-bond acceptors (Lipinski definition) is 3. The van der Waals surface area contributed by atoms with Gasteiger partial charge in [-0.05, 0) is 50.6 Å². The van der Waals surface area contributed by atoms with Gasteiger partial charge >= 0.3 is 0 Å². The Morgan fingerprint density at radius 2 is 1.56 bits per heavy atom. The van der Waals surface area contributed by atoms with E-state index in [0.717, 1.165) is 5.56 Å². The molecule has 0 fully saturated rings. The number of halogens is 1. The molecule has 25 heavy (non-hydrogen) atoms. The molecular weight excluding hydrogens is 338 g/mol. The van der Waals surface area contributed by atoms with Crippen LogP contribution in [0.4, 0.5) is 5.69 Å². The third-order valence-electron chi connectivity index (χ3n) is 3.67. The first-order valence-electron chi connectivity index (χ1n) is 7.87. The lowest BCUT2D eigenvalue weighted by Crippen LogP contribution is -2.45. The minimum absolute atomic E-state index is 0. The van der Waals surface area contributed by atoms with Crippen LogP contribution in [0.5, 0.6) is 0 Å². The van der Waals surface area contributed by atoms with Gasteiger partial charge in [-0.15, -0.1) is 12.4 Å². The maximum atomic E-state index is 12.5. The van der Waals surface area contributed by atoms with E-state index in [4.69, 9.17) is 5.73 Å². The minimum atomic E-state index is -1.14. The highest BCUT2D eigenvalue weighted by atomic mass is 35.5. The Bertz CT molecular complexity index is 713.